The number of carbonyl (C=O) groups excluding carboxylic acids is 3. The molecule has 7 nitrogen and oxygen atoms in total. The molecule has 1 radical (unpaired) electrons. The van der Waals surface area contributed by atoms with Crippen molar-refractivity contribution in [3.05, 3.63) is 35.5 Å². The summed E-state index contributed by atoms with van der Waals surface area (Å²) >= 11 is 5.91. The first kappa shape index (κ1) is 20.1. The van der Waals surface area contributed by atoms with Gasteiger partial charge < -0.3 is 10.2 Å². The minimum absolute atomic E-state index is 0.177. The van der Waals surface area contributed by atoms with E-state index < -0.39 is 19.9 Å². The molecule has 0 aliphatic carbocycles. The predicted octanol–water partition coefficient (Wildman–Crippen LogP) is 3.43. The molecule has 2 N–H and O–H groups in total. The number of benzene rings is 1. The van der Waals surface area contributed by atoms with Crippen LogP contribution in [0.2, 0.25) is 24.2 Å². The number of hydrogen-bond acceptors (Lipinski definition) is 5. The van der Waals surface area contributed by atoms with E-state index in [2.05, 4.69) is 4.98 Å². The van der Waals surface area contributed by atoms with Crippen molar-refractivity contribution in [2.75, 3.05) is 6.54 Å². The average Bonchev–Trinajstić information content (AvgIpc) is 3.00. The maximum atomic E-state index is 12.7. The van der Waals surface area contributed by atoms with Crippen molar-refractivity contribution in [1.29, 1.82) is 0 Å². The zero-order chi connectivity index (χ0) is 19.5. The van der Waals surface area contributed by atoms with Gasteiger partial charge in [0.1, 0.15) is 5.52 Å². The molecule has 3 amide bonds. The molecule has 0 atom stereocenters. The maximum Gasteiger partial charge on any atom is 0.316 e. The van der Waals surface area contributed by atoms with Gasteiger partial charge in [-0.1, -0.05) is 31.6 Å². The third kappa shape index (κ3) is 4.50. The molecule has 1 aromatic heterocycles. The Morgan fingerprint density at radius 3 is 2.65 bits per heavy atom. The van der Waals surface area contributed by atoms with Crippen LogP contribution in [0.4, 0.5) is 4.79 Å². The van der Waals surface area contributed by atoms with Crippen LogP contribution in [-0.2, 0) is 4.79 Å². The van der Waals surface area contributed by atoms with Crippen molar-refractivity contribution in [2.24, 2.45) is 5.73 Å². The fraction of sp³-hybridized carbons (Fsp3) is 0.353. The van der Waals surface area contributed by atoms with Crippen LogP contribution in [0.1, 0.15) is 24.0 Å². The molecule has 0 aliphatic rings. The van der Waals surface area contributed by atoms with Gasteiger partial charge in [0.2, 0.25) is 5.91 Å². The minimum Gasteiger partial charge on any atom is -0.432 e. The Labute approximate surface area is 157 Å². The average molecular weight is 395 g/mol. The largest absolute Gasteiger partial charge is 0.432 e. The highest BCUT2D eigenvalue weighted by molar-refractivity contribution is 7.04. The first-order chi connectivity index (χ1) is 12.2. The molecule has 1 heterocycles. The normalized spacial score (nSPS) is 11.5. The minimum atomic E-state index is -2.39. The third-order valence-electron chi connectivity index (χ3n) is 3.94. The Morgan fingerprint density at radius 2 is 2.04 bits per heavy atom. The monoisotopic (exact) mass is 394 g/mol. The van der Waals surface area contributed by atoms with Crippen LogP contribution in [0.5, 0.6) is 0 Å². The van der Waals surface area contributed by atoms with Crippen LogP contribution in [0.3, 0.4) is 0 Å². The van der Waals surface area contributed by atoms with Gasteiger partial charge in [0.15, 0.2) is 19.2 Å². The van der Waals surface area contributed by atoms with Gasteiger partial charge in [-0.15, -0.1) is 0 Å². The molecule has 0 aliphatic heterocycles. The number of amides is 3. The van der Waals surface area contributed by atoms with E-state index in [4.69, 9.17) is 21.8 Å². The number of nitrogens with zero attached hydrogens (tertiary/aromatic N) is 2. The topological polar surface area (TPSA) is 106 Å². The number of halogens is 1. The Hall–Kier alpha value is -2.19. The van der Waals surface area contributed by atoms with E-state index in [1.165, 1.54) is 6.42 Å². The van der Waals surface area contributed by atoms with Gasteiger partial charge >= 0.3 is 5.91 Å². The molecule has 9 heteroatoms. The van der Waals surface area contributed by atoms with Gasteiger partial charge in [0.25, 0.3) is 5.89 Å². The van der Waals surface area contributed by atoms with Crippen molar-refractivity contribution in [1.82, 2.24) is 9.88 Å². The zero-order valence-electron chi connectivity index (χ0n) is 14.9. The molecule has 0 spiro atoms. The summed E-state index contributed by atoms with van der Waals surface area (Å²) in [5, 5.41) is 0.471. The maximum absolute atomic E-state index is 12.7. The number of oxazole rings is 1. The lowest BCUT2D eigenvalue weighted by Crippen LogP contribution is -2.44. The van der Waals surface area contributed by atoms with Crippen molar-refractivity contribution in [3.8, 4) is 0 Å². The molecule has 0 unspecified atom stereocenters. The fourth-order valence-corrected chi connectivity index (χ4v) is 3.25. The summed E-state index contributed by atoms with van der Waals surface area (Å²) in [6, 6.07) is 5.08. The summed E-state index contributed by atoms with van der Waals surface area (Å²) in [5.41, 5.74) is 5.84. The number of fused-ring (bicyclic) bond motifs is 1. The number of rotatable bonds is 7. The molecule has 139 valence electrons. The molecule has 1 aromatic carbocycles. The smallest absolute Gasteiger partial charge is 0.316 e. The lowest BCUT2D eigenvalue weighted by Gasteiger charge is -2.21. The highest BCUT2D eigenvalue weighted by Crippen LogP contribution is 2.21. The van der Waals surface area contributed by atoms with Gasteiger partial charge in [0, 0.05) is 18.0 Å². The molecule has 2 rings (SSSR count). The van der Waals surface area contributed by atoms with Crippen molar-refractivity contribution in [3.63, 3.8) is 0 Å². The SMILES string of the molecule is CCCN(C(=O)[CH]C[Si](C)(C)C(N)=O)C(=O)c1nc2cc(Cl)ccc2o1. The zero-order valence-corrected chi connectivity index (χ0v) is 16.7. The molecule has 0 saturated carbocycles. The molecular formula is C17H21ClN3O4Si. The number of hydrogen-bond donors (Lipinski definition) is 1. The van der Waals surface area contributed by atoms with Crippen LogP contribution in [0.15, 0.2) is 22.6 Å². The summed E-state index contributed by atoms with van der Waals surface area (Å²) in [4.78, 5) is 41.9. The van der Waals surface area contributed by atoms with E-state index in [0.717, 1.165) is 4.90 Å². The lowest BCUT2D eigenvalue weighted by molar-refractivity contribution is -0.125. The summed E-state index contributed by atoms with van der Waals surface area (Å²) < 4.78 is 5.45. The Morgan fingerprint density at radius 1 is 1.35 bits per heavy atom. The molecule has 26 heavy (non-hydrogen) atoms. The van der Waals surface area contributed by atoms with Crippen LogP contribution in [0.25, 0.3) is 11.1 Å². The number of primary amides is 1. The van der Waals surface area contributed by atoms with Gasteiger partial charge in [-0.25, -0.2) is 4.98 Å². The first-order valence-corrected chi connectivity index (χ1v) is 11.8. The van der Waals surface area contributed by atoms with Crippen molar-refractivity contribution < 1.29 is 18.8 Å². The first-order valence-electron chi connectivity index (χ1n) is 8.20. The lowest BCUT2D eigenvalue weighted by atomic mass is 10.3. The van der Waals surface area contributed by atoms with E-state index in [1.54, 1.807) is 31.3 Å². The summed E-state index contributed by atoms with van der Waals surface area (Å²) in [6.07, 6.45) is 1.93. The second-order valence-electron chi connectivity index (χ2n) is 6.58. The van der Waals surface area contributed by atoms with Crippen LogP contribution < -0.4 is 5.73 Å². The molecule has 2 aromatic rings. The number of carbonyl (C=O) groups is 3. The number of nitrogens with two attached hydrogens (primary N) is 1. The van der Waals surface area contributed by atoms with Crippen LogP contribution in [0, 0.1) is 6.42 Å². The molecule has 0 saturated heterocycles. The van der Waals surface area contributed by atoms with E-state index in [9.17, 15) is 14.4 Å². The quantitative estimate of drug-likeness (QED) is 0.724. The van der Waals surface area contributed by atoms with E-state index >= 15 is 0 Å². The van der Waals surface area contributed by atoms with Crippen LogP contribution >= 0.6 is 11.6 Å². The highest BCUT2D eigenvalue weighted by atomic mass is 35.5. The Kier molecular flexibility index (Phi) is 6.20. The third-order valence-corrected chi connectivity index (χ3v) is 6.74. The second-order valence-corrected chi connectivity index (χ2v) is 11.7. The van der Waals surface area contributed by atoms with E-state index in [-0.39, 0.29) is 24.0 Å². The summed E-state index contributed by atoms with van der Waals surface area (Å²) in [6.45, 7) is 5.61. The van der Waals surface area contributed by atoms with Crippen molar-refractivity contribution >= 4 is 48.1 Å². The van der Waals surface area contributed by atoms with Gasteiger partial charge in [-0.3, -0.25) is 19.3 Å². The second kappa shape index (κ2) is 8.01. The predicted molar refractivity (Wildman–Crippen MR) is 102 cm³/mol. The van der Waals surface area contributed by atoms with E-state index in [0.29, 0.717) is 22.5 Å². The molecule has 0 fully saturated rings. The number of aromatic nitrogens is 1. The number of imide groups is 1. The van der Waals surface area contributed by atoms with Crippen LogP contribution in [-0.4, -0.2) is 41.8 Å². The summed E-state index contributed by atoms with van der Waals surface area (Å²) in [5.74, 6) is -1.29. The Bertz CT molecular complexity index is 850. The molecular weight excluding hydrogens is 374 g/mol. The fourth-order valence-electron chi connectivity index (χ4n) is 2.20. The Balaban J connectivity index is 2.20. The standard InChI is InChI=1S/C17H21ClN3O4Si/c1-4-8-21(14(22)7-9-26(2,3)17(19)24)16(23)15-20-12-10-11(18)5-6-13(12)25-15/h5-7,10H,4,8-9H2,1-3H3,(H2,19,24). The van der Waals surface area contributed by atoms with E-state index in [1.807, 2.05) is 6.92 Å². The summed E-state index contributed by atoms with van der Waals surface area (Å²) in [7, 11) is -2.39. The highest BCUT2D eigenvalue weighted by Gasteiger charge is 2.32. The van der Waals surface area contributed by atoms with Gasteiger partial charge in [0.05, 0.1) is 0 Å². The van der Waals surface area contributed by atoms with Gasteiger partial charge in [-0.2, -0.15) is 0 Å². The van der Waals surface area contributed by atoms with Crippen molar-refractivity contribution in [2.45, 2.75) is 32.5 Å². The van der Waals surface area contributed by atoms with Gasteiger partial charge in [-0.05, 0) is 30.7 Å². The molecule has 0 bridgehead atoms.